The molecule has 1 heterocycles. The number of ether oxygens (including phenoxy) is 2. The lowest BCUT2D eigenvalue weighted by atomic mass is 10.2. The van der Waals surface area contributed by atoms with Crippen LogP contribution in [0.15, 0.2) is 0 Å². The van der Waals surface area contributed by atoms with Crippen molar-refractivity contribution < 1.29 is 52.6 Å². The van der Waals surface area contributed by atoms with Crippen LogP contribution in [0.4, 0.5) is 0 Å². The van der Waals surface area contributed by atoms with Gasteiger partial charge in [0, 0.05) is 0 Å². The van der Waals surface area contributed by atoms with Gasteiger partial charge in [-0.05, 0) is 33.6 Å². The zero-order valence-corrected chi connectivity index (χ0v) is 16.1. The molecule has 0 aromatic rings. The minimum absolute atomic E-state index is 0.0607. The normalized spacial score (nSPS) is 25.8. The van der Waals surface area contributed by atoms with Crippen LogP contribution in [0.1, 0.15) is 33.6 Å². The van der Waals surface area contributed by atoms with E-state index >= 15 is 0 Å². The van der Waals surface area contributed by atoms with Gasteiger partial charge in [0.25, 0.3) is 0 Å². The van der Waals surface area contributed by atoms with Gasteiger partial charge < -0.3 is 14.6 Å². The maximum atomic E-state index is 9.89. The van der Waals surface area contributed by atoms with E-state index in [0.29, 0.717) is 0 Å². The van der Waals surface area contributed by atoms with E-state index in [2.05, 4.69) is 4.52 Å². The molecule has 13 heteroatoms. The van der Waals surface area contributed by atoms with Crippen LogP contribution in [0, 0.1) is 0 Å². The van der Waals surface area contributed by atoms with E-state index in [9.17, 15) is 14.9 Å². The summed E-state index contributed by atoms with van der Waals surface area (Å²) in [5, 5.41) is 9.30. The van der Waals surface area contributed by atoms with Gasteiger partial charge in [-0.25, -0.2) is 0 Å². The zero-order chi connectivity index (χ0) is 19.3. The molecule has 0 amide bonds. The Kier molecular flexibility index (Phi) is 9.48. The first-order valence-corrected chi connectivity index (χ1v) is 10.9. The average Bonchev–Trinajstić information content (AvgIpc) is 2.85. The summed E-state index contributed by atoms with van der Waals surface area (Å²) >= 11 is 0. The highest BCUT2D eigenvalue weighted by molar-refractivity contribution is 7.54. The summed E-state index contributed by atoms with van der Waals surface area (Å²) in [6, 6.07) is 0. The third-order valence-electron chi connectivity index (χ3n) is 3.36. The fraction of sp³-hybridized carbons (Fsp3) is 1.00. The monoisotopic (exact) mass is 410 g/mol. The quantitative estimate of drug-likeness (QED) is 0.201. The van der Waals surface area contributed by atoms with Crippen molar-refractivity contribution in [2.45, 2.75) is 64.3 Å². The second-order valence-corrected chi connectivity index (χ2v) is 8.56. The van der Waals surface area contributed by atoms with Gasteiger partial charge in [-0.3, -0.25) is 0 Å². The smallest absolute Gasteiger partial charge is 0.373 e. The van der Waals surface area contributed by atoms with Gasteiger partial charge in [-0.2, -0.15) is 33.5 Å². The molecule has 0 aromatic carbocycles. The Morgan fingerprint density at radius 3 is 2.20 bits per heavy atom. The van der Waals surface area contributed by atoms with Crippen molar-refractivity contribution >= 4 is 16.3 Å². The van der Waals surface area contributed by atoms with Gasteiger partial charge in [-0.1, -0.05) is 0 Å². The highest BCUT2D eigenvalue weighted by Crippen LogP contribution is 2.54. The molecule has 6 N–H and O–H groups in total. The molecule has 0 spiro atoms. The van der Waals surface area contributed by atoms with Crippen molar-refractivity contribution in [3.05, 3.63) is 0 Å². The van der Waals surface area contributed by atoms with Gasteiger partial charge in [0.2, 0.25) is 0 Å². The lowest BCUT2D eigenvalue weighted by molar-refractivity contribution is -0.163. The first-order chi connectivity index (χ1) is 11.4. The molecule has 1 rings (SSSR count). The molecular formula is C12H28O11P2+2. The summed E-state index contributed by atoms with van der Waals surface area (Å²) in [4.78, 5) is 46.3. The van der Waals surface area contributed by atoms with Crippen LogP contribution >= 0.6 is 16.3 Å². The van der Waals surface area contributed by atoms with Crippen molar-refractivity contribution in [3.63, 3.8) is 0 Å². The van der Waals surface area contributed by atoms with Gasteiger partial charge >= 0.3 is 16.3 Å². The van der Waals surface area contributed by atoms with E-state index < -0.39 is 41.4 Å². The third-order valence-corrected chi connectivity index (χ3v) is 4.95. The fourth-order valence-electron chi connectivity index (χ4n) is 2.21. The van der Waals surface area contributed by atoms with Crippen LogP contribution in [0.3, 0.4) is 0 Å². The number of aliphatic hydroxyl groups excluding tert-OH is 1. The van der Waals surface area contributed by atoms with Crippen LogP contribution in [0.25, 0.3) is 0 Å². The van der Waals surface area contributed by atoms with Crippen LogP contribution in [0.5, 0.6) is 0 Å². The standard InChI is InChI=1S/C12H28O11P2/c1-8-4-5-11(21-8)6-20-25(17,18)23-9(2)12(22-10(3)13)7-19-24(14,15)16/h8-18H,4-7H2,1-3H3/q+2/t8-,9+,10?,11-,12+/m0/s1. The molecule has 0 bridgehead atoms. The molecule has 0 radical (unpaired) electrons. The molecule has 0 aliphatic carbocycles. The molecule has 1 saturated heterocycles. The predicted molar refractivity (Wildman–Crippen MR) is 87.5 cm³/mol. The van der Waals surface area contributed by atoms with E-state index in [-0.39, 0.29) is 18.8 Å². The predicted octanol–water partition coefficient (Wildman–Crippen LogP) is 0.0324. The molecule has 1 aliphatic heterocycles. The zero-order valence-electron chi connectivity index (χ0n) is 14.3. The van der Waals surface area contributed by atoms with Crippen molar-refractivity contribution in [1.82, 2.24) is 0 Å². The summed E-state index contributed by atoms with van der Waals surface area (Å²) in [5.74, 6) is 0. The summed E-state index contributed by atoms with van der Waals surface area (Å²) in [6.45, 7) is 3.93. The number of hydrogen-bond acceptors (Lipinski definition) is 11. The van der Waals surface area contributed by atoms with Crippen molar-refractivity contribution in [2.24, 2.45) is 0 Å². The fourth-order valence-corrected chi connectivity index (χ4v) is 3.55. The second-order valence-electron chi connectivity index (χ2n) is 5.83. The minimum Gasteiger partial charge on any atom is -0.373 e. The second kappa shape index (κ2) is 10.1. The topological polar surface area (TPSA) is 168 Å². The van der Waals surface area contributed by atoms with E-state index in [1.54, 1.807) is 0 Å². The molecule has 150 valence electrons. The minimum atomic E-state index is -4.52. The van der Waals surface area contributed by atoms with E-state index in [4.69, 9.17) is 33.2 Å². The summed E-state index contributed by atoms with van der Waals surface area (Å²) < 4.78 is 25.0. The maximum absolute atomic E-state index is 9.89. The van der Waals surface area contributed by atoms with Gasteiger partial charge in [0.1, 0.15) is 25.4 Å². The van der Waals surface area contributed by atoms with E-state index in [0.717, 1.165) is 12.8 Å². The van der Waals surface area contributed by atoms with Gasteiger partial charge in [0.05, 0.1) is 12.2 Å². The molecule has 1 fully saturated rings. The number of aliphatic hydroxyl groups is 1. The largest absolute Gasteiger partial charge is 0.570 e. The van der Waals surface area contributed by atoms with Crippen molar-refractivity contribution in [3.8, 4) is 0 Å². The van der Waals surface area contributed by atoms with Crippen LogP contribution < -0.4 is 0 Å². The van der Waals surface area contributed by atoms with Crippen molar-refractivity contribution in [2.75, 3.05) is 13.2 Å². The first kappa shape index (κ1) is 23.5. The molecule has 0 saturated carbocycles. The van der Waals surface area contributed by atoms with Gasteiger partial charge in [0.15, 0.2) is 6.29 Å². The highest BCUT2D eigenvalue weighted by Gasteiger charge is 2.46. The van der Waals surface area contributed by atoms with E-state index in [1.165, 1.54) is 13.8 Å². The van der Waals surface area contributed by atoms with Crippen LogP contribution in [-0.4, -0.2) is 73.5 Å². The molecular weight excluding hydrogens is 382 g/mol. The van der Waals surface area contributed by atoms with Crippen LogP contribution in [-0.2, 0) is 23.0 Å². The number of rotatable bonds is 11. The molecule has 1 unspecified atom stereocenters. The summed E-state index contributed by atoms with van der Waals surface area (Å²) in [5.41, 5.74) is 0. The Bertz CT molecular complexity index is 390. The Hall–Kier alpha value is 0.420. The Balaban J connectivity index is 2.52. The summed E-state index contributed by atoms with van der Waals surface area (Å²) in [6.07, 6.45) is -2.09. The Labute approximate surface area is 147 Å². The number of hydrogen-bond donors (Lipinski definition) is 6. The molecule has 0 aromatic heterocycles. The SMILES string of the molecule is CC(O)O[C@H](CO[P+](O)(O)O)[C@@H](C)O[P+](O)(O)OC[C@@H]1CC[C@H](C)O1. The lowest BCUT2D eigenvalue weighted by Gasteiger charge is -2.24. The Morgan fingerprint density at radius 2 is 1.72 bits per heavy atom. The molecule has 5 atom stereocenters. The van der Waals surface area contributed by atoms with E-state index in [1.807, 2.05) is 6.92 Å². The highest BCUT2D eigenvalue weighted by atomic mass is 31.2. The van der Waals surface area contributed by atoms with Crippen LogP contribution in [0.2, 0.25) is 0 Å². The Morgan fingerprint density at radius 1 is 1.08 bits per heavy atom. The maximum Gasteiger partial charge on any atom is 0.570 e. The van der Waals surface area contributed by atoms with Gasteiger partial charge in [-0.15, -0.1) is 4.52 Å². The van der Waals surface area contributed by atoms with Crippen molar-refractivity contribution in [1.29, 1.82) is 0 Å². The lowest BCUT2D eigenvalue weighted by Crippen LogP contribution is -2.36. The average molecular weight is 410 g/mol. The molecule has 25 heavy (non-hydrogen) atoms. The summed E-state index contributed by atoms with van der Waals surface area (Å²) in [7, 11) is -8.73. The molecule has 11 nitrogen and oxygen atoms in total. The molecule has 1 aliphatic rings. The third kappa shape index (κ3) is 10.4. The first-order valence-electron chi connectivity index (χ1n) is 7.76.